The predicted octanol–water partition coefficient (Wildman–Crippen LogP) is 4.29. The maximum atomic E-state index is 12.3. The zero-order chi connectivity index (χ0) is 18.5. The first-order valence-electron chi connectivity index (χ1n) is 8.48. The van der Waals surface area contributed by atoms with E-state index >= 15 is 0 Å². The number of nitrogens with zero attached hydrogens (tertiary/aromatic N) is 1. The zero-order valence-electron chi connectivity index (χ0n) is 15.2. The minimum atomic E-state index is -0.111. The molecule has 2 aromatic carbocycles. The molecule has 1 heterocycles. The Morgan fingerprint density at radius 1 is 1.08 bits per heavy atom. The molecule has 0 aliphatic carbocycles. The highest BCUT2D eigenvalue weighted by Crippen LogP contribution is 2.22. The summed E-state index contributed by atoms with van der Waals surface area (Å²) in [5.74, 6) is 0.624. The lowest BCUT2D eigenvalue weighted by Crippen LogP contribution is -2.22. The average Bonchev–Trinajstić information content (AvgIpc) is 3.01. The minimum Gasteiger partial charge on any atom is -0.497 e. The Hall–Kier alpha value is -2.66. The topological polar surface area (TPSA) is 51.2 Å². The van der Waals surface area contributed by atoms with Gasteiger partial charge in [-0.2, -0.15) is 0 Å². The molecule has 1 amide bonds. The van der Waals surface area contributed by atoms with Crippen LogP contribution in [0.1, 0.15) is 37.1 Å². The molecule has 1 aromatic heterocycles. The summed E-state index contributed by atoms with van der Waals surface area (Å²) in [5, 5.41) is 3.86. The molecule has 1 N–H and O–H groups in total. The number of ether oxygens (including phenoxy) is 1. The number of thiazole rings is 1. The molecule has 4 nitrogen and oxygen atoms in total. The van der Waals surface area contributed by atoms with Crippen molar-refractivity contribution < 1.29 is 9.53 Å². The monoisotopic (exact) mass is 366 g/mol. The summed E-state index contributed by atoms with van der Waals surface area (Å²) < 4.78 is 5.11. The third-order valence-corrected chi connectivity index (χ3v) is 5.33. The summed E-state index contributed by atoms with van der Waals surface area (Å²) in [6.45, 7) is 4.55. The van der Waals surface area contributed by atoms with E-state index in [4.69, 9.17) is 4.74 Å². The van der Waals surface area contributed by atoms with Gasteiger partial charge >= 0.3 is 0 Å². The number of methoxy groups -OCH3 is 1. The lowest BCUT2D eigenvalue weighted by molar-refractivity contribution is 0.0951. The minimum absolute atomic E-state index is 0.111. The number of carbonyl (C=O) groups excluding carboxylic acids is 1. The van der Waals surface area contributed by atoms with Crippen molar-refractivity contribution in [3.8, 4) is 5.75 Å². The van der Waals surface area contributed by atoms with Gasteiger partial charge in [-0.1, -0.05) is 29.8 Å². The first-order chi connectivity index (χ1) is 12.5. The van der Waals surface area contributed by atoms with Gasteiger partial charge in [-0.25, -0.2) is 4.98 Å². The Morgan fingerprint density at radius 3 is 2.42 bits per heavy atom. The molecule has 0 spiro atoms. The van der Waals surface area contributed by atoms with Crippen molar-refractivity contribution in [3.63, 3.8) is 0 Å². The van der Waals surface area contributed by atoms with Crippen molar-refractivity contribution in [2.75, 3.05) is 7.11 Å². The molecule has 0 fully saturated rings. The second-order valence-electron chi connectivity index (χ2n) is 6.19. The van der Waals surface area contributed by atoms with Crippen LogP contribution in [0.25, 0.3) is 0 Å². The molecule has 3 aromatic rings. The summed E-state index contributed by atoms with van der Waals surface area (Å²) in [6, 6.07) is 15.6. The fourth-order valence-corrected chi connectivity index (χ4v) is 3.66. The number of rotatable bonds is 6. The third kappa shape index (κ3) is 4.49. The maximum Gasteiger partial charge on any atom is 0.251 e. The molecular weight excluding hydrogens is 344 g/mol. The van der Waals surface area contributed by atoms with Crippen LogP contribution < -0.4 is 10.1 Å². The fraction of sp³-hybridized carbons (Fsp3) is 0.238. The van der Waals surface area contributed by atoms with Crippen LogP contribution in [0.15, 0.2) is 48.5 Å². The third-order valence-electron chi connectivity index (χ3n) is 4.17. The van der Waals surface area contributed by atoms with E-state index in [0.29, 0.717) is 12.1 Å². The molecule has 5 heteroatoms. The highest BCUT2D eigenvalue weighted by Gasteiger charge is 2.11. The first kappa shape index (κ1) is 18.1. The number of hydrogen-bond donors (Lipinski definition) is 1. The number of aryl methyl sites for hydroxylation is 2. The Morgan fingerprint density at radius 2 is 1.77 bits per heavy atom. The number of carbonyl (C=O) groups is 1. The van der Waals surface area contributed by atoms with Crippen molar-refractivity contribution in [2.45, 2.75) is 26.8 Å². The first-order valence-corrected chi connectivity index (χ1v) is 9.30. The molecule has 3 rings (SSSR count). The van der Waals surface area contributed by atoms with Gasteiger partial charge in [0.25, 0.3) is 5.91 Å². The summed E-state index contributed by atoms with van der Waals surface area (Å²) in [7, 11) is 1.61. The van der Waals surface area contributed by atoms with Crippen molar-refractivity contribution in [3.05, 3.63) is 80.8 Å². The van der Waals surface area contributed by atoms with E-state index in [-0.39, 0.29) is 5.91 Å². The number of amides is 1. The van der Waals surface area contributed by atoms with Crippen LogP contribution in [-0.4, -0.2) is 18.0 Å². The lowest BCUT2D eigenvalue weighted by Gasteiger charge is -2.04. The van der Waals surface area contributed by atoms with Gasteiger partial charge in [-0.3, -0.25) is 4.79 Å². The van der Waals surface area contributed by atoms with Crippen LogP contribution in [0.4, 0.5) is 0 Å². The normalized spacial score (nSPS) is 10.6. The summed E-state index contributed by atoms with van der Waals surface area (Å²) in [4.78, 5) is 18.1. The molecule has 0 atom stereocenters. The van der Waals surface area contributed by atoms with Crippen molar-refractivity contribution in [2.24, 2.45) is 0 Å². The SMILES string of the molecule is COc1ccc(C(=O)NCc2nc(C)c(Cc3ccc(C)cc3)s2)cc1. The fourth-order valence-electron chi connectivity index (χ4n) is 2.62. The van der Waals surface area contributed by atoms with Gasteiger partial charge < -0.3 is 10.1 Å². The lowest BCUT2D eigenvalue weighted by atomic mass is 10.1. The smallest absolute Gasteiger partial charge is 0.251 e. The number of benzene rings is 2. The molecular formula is C21H22N2O2S. The van der Waals surface area contributed by atoms with Gasteiger partial charge in [0.1, 0.15) is 10.8 Å². The van der Waals surface area contributed by atoms with E-state index in [0.717, 1.165) is 22.9 Å². The Labute approximate surface area is 157 Å². The summed E-state index contributed by atoms with van der Waals surface area (Å²) in [6.07, 6.45) is 0.871. The Balaban J connectivity index is 1.61. The van der Waals surface area contributed by atoms with Crippen LogP contribution in [0, 0.1) is 13.8 Å². The van der Waals surface area contributed by atoms with Crippen molar-refractivity contribution in [1.82, 2.24) is 10.3 Å². The van der Waals surface area contributed by atoms with Gasteiger partial charge in [0.15, 0.2) is 0 Å². The van der Waals surface area contributed by atoms with E-state index in [1.54, 1.807) is 42.7 Å². The quantitative estimate of drug-likeness (QED) is 0.708. The molecule has 0 saturated carbocycles. The van der Waals surface area contributed by atoms with Crippen LogP contribution in [0.2, 0.25) is 0 Å². The molecule has 0 bridgehead atoms. The van der Waals surface area contributed by atoms with E-state index in [1.165, 1.54) is 16.0 Å². The van der Waals surface area contributed by atoms with Gasteiger partial charge in [-0.05, 0) is 43.7 Å². The molecule has 0 saturated heterocycles. The average molecular weight is 366 g/mol. The van der Waals surface area contributed by atoms with Crippen LogP contribution in [0.3, 0.4) is 0 Å². The van der Waals surface area contributed by atoms with Gasteiger partial charge in [0.05, 0.1) is 19.3 Å². The highest BCUT2D eigenvalue weighted by atomic mass is 32.1. The molecule has 0 unspecified atom stereocenters. The number of aromatic nitrogens is 1. The van der Waals surface area contributed by atoms with Gasteiger partial charge in [0.2, 0.25) is 0 Å². The van der Waals surface area contributed by atoms with Crippen LogP contribution in [-0.2, 0) is 13.0 Å². The Kier molecular flexibility index (Phi) is 5.68. The van der Waals surface area contributed by atoms with E-state index in [2.05, 4.69) is 41.5 Å². The maximum absolute atomic E-state index is 12.3. The largest absolute Gasteiger partial charge is 0.497 e. The van der Waals surface area contributed by atoms with Crippen LogP contribution in [0.5, 0.6) is 5.75 Å². The predicted molar refractivity (Wildman–Crippen MR) is 105 cm³/mol. The zero-order valence-corrected chi connectivity index (χ0v) is 16.0. The molecule has 0 aliphatic heterocycles. The standard InChI is InChI=1S/C21H22N2O2S/c1-14-4-6-16(7-5-14)12-19-15(2)23-20(26-19)13-22-21(24)17-8-10-18(25-3)11-9-17/h4-11H,12-13H2,1-3H3,(H,22,24). The Bertz CT molecular complexity index is 883. The van der Waals surface area contributed by atoms with Gasteiger partial charge in [-0.15, -0.1) is 11.3 Å². The van der Waals surface area contributed by atoms with E-state index < -0.39 is 0 Å². The van der Waals surface area contributed by atoms with Gasteiger partial charge in [0, 0.05) is 16.9 Å². The second kappa shape index (κ2) is 8.15. The van der Waals surface area contributed by atoms with Crippen molar-refractivity contribution >= 4 is 17.2 Å². The van der Waals surface area contributed by atoms with Crippen molar-refractivity contribution in [1.29, 1.82) is 0 Å². The molecule has 0 radical (unpaired) electrons. The second-order valence-corrected chi connectivity index (χ2v) is 7.36. The van der Waals surface area contributed by atoms with E-state index in [1.807, 2.05) is 6.92 Å². The highest BCUT2D eigenvalue weighted by molar-refractivity contribution is 7.11. The molecule has 26 heavy (non-hydrogen) atoms. The number of hydrogen-bond acceptors (Lipinski definition) is 4. The van der Waals surface area contributed by atoms with Crippen LogP contribution >= 0.6 is 11.3 Å². The summed E-state index contributed by atoms with van der Waals surface area (Å²) >= 11 is 1.66. The molecule has 134 valence electrons. The van der Waals surface area contributed by atoms with E-state index in [9.17, 15) is 4.79 Å². The number of nitrogens with one attached hydrogen (secondary N) is 1. The summed E-state index contributed by atoms with van der Waals surface area (Å²) in [5.41, 5.74) is 4.18. The molecule has 0 aliphatic rings.